The van der Waals surface area contributed by atoms with E-state index in [-0.39, 0.29) is 5.56 Å². The highest BCUT2D eigenvalue weighted by atomic mass is 32.1. The van der Waals surface area contributed by atoms with E-state index in [4.69, 9.17) is 0 Å². The minimum absolute atomic E-state index is 0.126. The molecule has 2 heterocycles. The van der Waals surface area contributed by atoms with Crippen molar-refractivity contribution in [3.8, 4) is 5.88 Å². The molecule has 2 aromatic carbocycles. The van der Waals surface area contributed by atoms with Gasteiger partial charge in [0.1, 0.15) is 5.56 Å². The molecular formula is C16H10N4O3S. The van der Waals surface area contributed by atoms with E-state index in [0.717, 1.165) is 21.0 Å². The van der Waals surface area contributed by atoms with Crippen molar-refractivity contribution in [2.45, 2.75) is 0 Å². The number of aromatic amines is 2. The zero-order valence-electron chi connectivity index (χ0n) is 12.1. The van der Waals surface area contributed by atoms with Gasteiger partial charge in [0.15, 0.2) is 0 Å². The molecular weight excluding hydrogens is 328 g/mol. The predicted molar refractivity (Wildman–Crippen MR) is 93.7 cm³/mol. The third kappa shape index (κ3) is 2.38. The number of H-pyrrole nitrogens is 2. The molecule has 0 aliphatic carbocycles. The van der Waals surface area contributed by atoms with E-state index in [1.54, 1.807) is 0 Å². The zero-order valence-corrected chi connectivity index (χ0v) is 12.9. The van der Waals surface area contributed by atoms with Gasteiger partial charge in [-0.3, -0.25) is 14.8 Å². The lowest BCUT2D eigenvalue weighted by Gasteiger charge is -1.96. The number of hydrogen-bond acceptors (Lipinski definition) is 6. The fourth-order valence-electron chi connectivity index (χ4n) is 2.42. The van der Waals surface area contributed by atoms with E-state index >= 15 is 0 Å². The van der Waals surface area contributed by atoms with Crippen LogP contribution in [0.5, 0.6) is 5.88 Å². The van der Waals surface area contributed by atoms with Crippen molar-refractivity contribution in [2.75, 3.05) is 0 Å². The van der Waals surface area contributed by atoms with Crippen LogP contribution in [0.2, 0.25) is 0 Å². The number of aromatic hydroxyl groups is 1. The van der Waals surface area contributed by atoms with Gasteiger partial charge in [0.05, 0.1) is 10.2 Å². The standard InChI is InChI=1S/C16H10N4O3S/c21-13-10(14(22)20-15(23)19-13)7-17-16-18-11-6-5-8-3-1-2-4-9(8)12(11)24-16/h1-7H,(H3,19,20,21,22,23). The molecule has 24 heavy (non-hydrogen) atoms. The van der Waals surface area contributed by atoms with Gasteiger partial charge in [0.25, 0.3) is 5.56 Å². The van der Waals surface area contributed by atoms with Crippen LogP contribution < -0.4 is 11.2 Å². The van der Waals surface area contributed by atoms with Crippen LogP contribution in [0.3, 0.4) is 0 Å². The molecule has 0 spiro atoms. The lowest BCUT2D eigenvalue weighted by Crippen LogP contribution is -2.24. The number of aromatic nitrogens is 3. The van der Waals surface area contributed by atoms with Crippen LogP contribution in [0.1, 0.15) is 5.56 Å². The molecule has 0 amide bonds. The van der Waals surface area contributed by atoms with Gasteiger partial charge in [-0.1, -0.05) is 41.7 Å². The molecule has 0 atom stereocenters. The highest BCUT2D eigenvalue weighted by Gasteiger charge is 2.08. The molecule has 0 fully saturated rings. The Kier molecular flexibility index (Phi) is 3.24. The van der Waals surface area contributed by atoms with Gasteiger partial charge in [-0.15, -0.1) is 0 Å². The number of fused-ring (bicyclic) bond motifs is 3. The normalized spacial score (nSPS) is 11.7. The van der Waals surface area contributed by atoms with Gasteiger partial charge in [0, 0.05) is 11.6 Å². The Morgan fingerprint density at radius 3 is 2.79 bits per heavy atom. The number of nitrogens with zero attached hydrogens (tertiary/aromatic N) is 2. The molecule has 0 bridgehead atoms. The zero-order chi connectivity index (χ0) is 16.7. The van der Waals surface area contributed by atoms with Gasteiger partial charge in [-0.05, 0) is 11.5 Å². The van der Waals surface area contributed by atoms with Crippen LogP contribution in [0.4, 0.5) is 5.13 Å². The summed E-state index contributed by atoms with van der Waals surface area (Å²) in [4.78, 5) is 35.4. The molecule has 4 aromatic rings. The van der Waals surface area contributed by atoms with Crippen molar-refractivity contribution in [3.05, 3.63) is 62.8 Å². The van der Waals surface area contributed by atoms with Crippen LogP contribution in [0.25, 0.3) is 21.0 Å². The number of aliphatic imine (C=N–C) groups is 1. The fourth-order valence-corrected chi connectivity index (χ4v) is 3.37. The minimum atomic E-state index is -0.777. The summed E-state index contributed by atoms with van der Waals surface area (Å²) < 4.78 is 1.000. The molecule has 8 heteroatoms. The average Bonchev–Trinajstić information content (AvgIpc) is 2.97. The Bertz CT molecular complexity index is 1220. The lowest BCUT2D eigenvalue weighted by molar-refractivity contribution is 0.447. The van der Waals surface area contributed by atoms with Gasteiger partial charge in [0.2, 0.25) is 11.0 Å². The maximum Gasteiger partial charge on any atom is 0.328 e. The SMILES string of the molecule is O=c1[nH]c(O)c(C=Nc2nc3ccc4ccccc4c3s2)c(=O)[nH]1. The van der Waals surface area contributed by atoms with E-state index in [2.05, 4.69) is 15.0 Å². The highest BCUT2D eigenvalue weighted by Crippen LogP contribution is 2.33. The van der Waals surface area contributed by atoms with E-state index in [9.17, 15) is 14.7 Å². The van der Waals surface area contributed by atoms with Gasteiger partial charge < -0.3 is 5.11 Å². The Hall–Kier alpha value is -3.26. The Balaban J connectivity index is 1.82. The van der Waals surface area contributed by atoms with E-state index in [0.29, 0.717) is 5.13 Å². The highest BCUT2D eigenvalue weighted by molar-refractivity contribution is 7.22. The summed E-state index contributed by atoms with van der Waals surface area (Å²) in [5.74, 6) is -0.529. The molecule has 118 valence electrons. The third-order valence-electron chi connectivity index (χ3n) is 3.53. The summed E-state index contributed by atoms with van der Waals surface area (Å²) in [6, 6.07) is 11.9. The first-order chi connectivity index (χ1) is 11.6. The Labute approximate surface area is 138 Å². The summed E-state index contributed by atoms with van der Waals surface area (Å²) >= 11 is 1.39. The van der Waals surface area contributed by atoms with E-state index in [1.807, 2.05) is 41.4 Å². The van der Waals surface area contributed by atoms with Crippen LogP contribution in [-0.2, 0) is 0 Å². The van der Waals surface area contributed by atoms with Crippen LogP contribution in [0.15, 0.2) is 51.0 Å². The second kappa shape index (κ2) is 5.43. The molecule has 3 N–H and O–H groups in total. The molecule has 0 aliphatic heterocycles. The number of rotatable bonds is 2. The number of hydrogen-bond donors (Lipinski definition) is 3. The minimum Gasteiger partial charge on any atom is -0.494 e. The summed E-state index contributed by atoms with van der Waals surface area (Å²) in [6.45, 7) is 0. The first-order valence-corrected chi connectivity index (χ1v) is 7.81. The van der Waals surface area contributed by atoms with Gasteiger partial charge in [-0.2, -0.15) is 0 Å². The fraction of sp³-hybridized carbons (Fsp3) is 0. The van der Waals surface area contributed by atoms with Gasteiger partial charge >= 0.3 is 5.69 Å². The largest absolute Gasteiger partial charge is 0.494 e. The Morgan fingerprint density at radius 1 is 1.12 bits per heavy atom. The smallest absolute Gasteiger partial charge is 0.328 e. The van der Waals surface area contributed by atoms with Gasteiger partial charge in [-0.25, -0.2) is 14.8 Å². The maximum atomic E-state index is 11.7. The second-order valence-electron chi connectivity index (χ2n) is 5.06. The van der Waals surface area contributed by atoms with Crippen molar-refractivity contribution in [1.82, 2.24) is 15.0 Å². The molecule has 4 rings (SSSR count). The van der Waals surface area contributed by atoms with Crippen molar-refractivity contribution in [3.63, 3.8) is 0 Å². The number of benzene rings is 2. The lowest BCUT2D eigenvalue weighted by atomic mass is 10.1. The molecule has 0 aliphatic rings. The molecule has 0 saturated heterocycles. The summed E-state index contributed by atoms with van der Waals surface area (Å²) in [5.41, 5.74) is -0.808. The number of thiazole rings is 1. The summed E-state index contributed by atoms with van der Waals surface area (Å²) in [6.07, 6.45) is 1.18. The molecule has 0 saturated carbocycles. The van der Waals surface area contributed by atoms with Crippen molar-refractivity contribution in [1.29, 1.82) is 0 Å². The first kappa shape index (κ1) is 14.3. The van der Waals surface area contributed by atoms with Crippen LogP contribution in [-0.4, -0.2) is 26.3 Å². The molecule has 0 unspecified atom stereocenters. The quantitative estimate of drug-likeness (QED) is 0.487. The van der Waals surface area contributed by atoms with Crippen molar-refractivity contribution >= 4 is 43.7 Å². The van der Waals surface area contributed by atoms with Crippen molar-refractivity contribution < 1.29 is 5.11 Å². The topological polar surface area (TPSA) is 111 Å². The first-order valence-electron chi connectivity index (χ1n) is 7.00. The van der Waals surface area contributed by atoms with Crippen LogP contribution in [0, 0.1) is 0 Å². The Morgan fingerprint density at radius 2 is 1.96 bits per heavy atom. The molecule has 2 aromatic heterocycles. The molecule has 7 nitrogen and oxygen atoms in total. The maximum absolute atomic E-state index is 11.7. The van der Waals surface area contributed by atoms with Crippen molar-refractivity contribution in [2.24, 2.45) is 4.99 Å². The van der Waals surface area contributed by atoms with E-state index < -0.39 is 17.1 Å². The number of nitrogens with one attached hydrogen (secondary N) is 2. The second-order valence-corrected chi connectivity index (χ2v) is 6.04. The third-order valence-corrected chi connectivity index (χ3v) is 4.54. The summed E-state index contributed by atoms with van der Waals surface area (Å²) in [5, 5.41) is 12.3. The predicted octanol–water partition coefficient (Wildman–Crippen LogP) is 2.28. The molecule has 0 radical (unpaired) electrons. The van der Waals surface area contributed by atoms with E-state index in [1.165, 1.54) is 17.6 Å². The summed E-state index contributed by atoms with van der Waals surface area (Å²) in [7, 11) is 0. The van der Waals surface area contributed by atoms with Crippen LogP contribution >= 0.6 is 11.3 Å². The monoisotopic (exact) mass is 338 g/mol. The average molecular weight is 338 g/mol.